The van der Waals surface area contributed by atoms with Gasteiger partial charge in [0.1, 0.15) is 22.5 Å². The molecular formula is C15H19F2N3S. The summed E-state index contributed by atoms with van der Waals surface area (Å²) in [5, 5.41) is 3.99. The quantitative estimate of drug-likeness (QED) is 0.913. The van der Waals surface area contributed by atoms with Crippen molar-refractivity contribution in [3.8, 4) is 0 Å². The molecule has 0 atom stereocenters. The van der Waals surface area contributed by atoms with Crippen LogP contribution in [0.1, 0.15) is 31.3 Å². The molecule has 2 aromatic rings. The Morgan fingerprint density at radius 3 is 2.38 bits per heavy atom. The molecule has 1 heterocycles. The van der Waals surface area contributed by atoms with E-state index in [9.17, 15) is 8.78 Å². The van der Waals surface area contributed by atoms with Gasteiger partial charge in [0.2, 0.25) is 0 Å². The van der Waals surface area contributed by atoms with Crippen LogP contribution in [0.25, 0.3) is 0 Å². The fourth-order valence-corrected chi connectivity index (χ4v) is 3.26. The molecule has 0 spiro atoms. The summed E-state index contributed by atoms with van der Waals surface area (Å²) >= 11 is 1.34. The van der Waals surface area contributed by atoms with Crippen molar-refractivity contribution in [2.45, 2.75) is 36.2 Å². The van der Waals surface area contributed by atoms with Gasteiger partial charge >= 0.3 is 0 Å². The molecule has 0 saturated heterocycles. The Labute approximate surface area is 127 Å². The maximum Gasteiger partial charge on any atom is 0.127 e. The van der Waals surface area contributed by atoms with Crippen LogP contribution in [0.4, 0.5) is 8.78 Å². The summed E-state index contributed by atoms with van der Waals surface area (Å²) in [7, 11) is 3.78. The van der Waals surface area contributed by atoms with E-state index in [2.05, 4.69) is 24.1 Å². The molecule has 21 heavy (non-hydrogen) atoms. The zero-order valence-corrected chi connectivity index (χ0v) is 13.4. The van der Waals surface area contributed by atoms with Gasteiger partial charge in [-0.2, -0.15) is 0 Å². The van der Waals surface area contributed by atoms with Gasteiger partial charge in [-0.3, -0.25) is 0 Å². The molecular weight excluding hydrogens is 292 g/mol. The largest absolute Gasteiger partial charge is 0.325 e. The van der Waals surface area contributed by atoms with Crippen molar-refractivity contribution in [2.75, 3.05) is 7.05 Å². The molecule has 2 rings (SSSR count). The number of benzene rings is 1. The lowest BCUT2D eigenvalue weighted by atomic mass is 10.2. The lowest BCUT2D eigenvalue weighted by Crippen LogP contribution is -2.10. The number of rotatable bonds is 5. The highest BCUT2D eigenvalue weighted by Gasteiger charge is 2.18. The number of aromatic nitrogens is 2. The van der Waals surface area contributed by atoms with Crippen molar-refractivity contribution in [3.63, 3.8) is 0 Å². The number of hydrogen-bond donors (Lipinski definition) is 1. The second kappa shape index (κ2) is 6.58. The van der Waals surface area contributed by atoms with E-state index in [1.807, 2.05) is 18.7 Å². The average molecular weight is 311 g/mol. The monoisotopic (exact) mass is 311 g/mol. The van der Waals surface area contributed by atoms with Gasteiger partial charge in [0.05, 0.1) is 12.2 Å². The van der Waals surface area contributed by atoms with E-state index in [0.29, 0.717) is 11.4 Å². The summed E-state index contributed by atoms with van der Waals surface area (Å²) in [6.45, 7) is 4.76. The molecule has 114 valence electrons. The van der Waals surface area contributed by atoms with Crippen molar-refractivity contribution in [2.24, 2.45) is 7.05 Å². The second-order valence-electron chi connectivity index (χ2n) is 5.17. The van der Waals surface area contributed by atoms with Gasteiger partial charge in [-0.15, -0.1) is 0 Å². The van der Waals surface area contributed by atoms with Crippen molar-refractivity contribution < 1.29 is 8.78 Å². The molecule has 6 heteroatoms. The Bertz CT molecular complexity index is 618. The van der Waals surface area contributed by atoms with Crippen LogP contribution in [-0.2, 0) is 13.6 Å². The van der Waals surface area contributed by atoms with Crippen LogP contribution in [0.5, 0.6) is 0 Å². The van der Waals surface area contributed by atoms with E-state index in [1.165, 1.54) is 23.9 Å². The van der Waals surface area contributed by atoms with Crippen molar-refractivity contribution in [1.29, 1.82) is 0 Å². The van der Waals surface area contributed by atoms with E-state index >= 15 is 0 Å². The summed E-state index contributed by atoms with van der Waals surface area (Å²) in [4.78, 5) is 5.17. The number of nitrogens with one attached hydrogen (secondary N) is 1. The minimum Gasteiger partial charge on any atom is -0.325 e. The Balaban J connectivity index is 2.42. The van der Waals surface area contributed by atoms with Gasteiger partial charge in [-0.25, -0.2) is 13.8 Å². The SMILES string of the molecule is CNCc1nc(C(C)C)c(Sc2cc(F)cc(F)c2)n1C. The van der Waals surface area contributed by atoms with Gasteiger partial charge in [0.15, 0.2) is 0 Å². The molecule has 1 aromatic carbocycles. The molecule has 0 unspecified atom stereocenters. The Kier molecular flexibility index (Phi) is 5.00. The van der Waals surface area contributed by atoms with E-state index in [4.69, 9.17) is 0 Å². The summed E-state index contributed by atoms with van der Waals surface area (Å²) in [5.74, 6) is 0.00529. The van der Waals surface area contributed by atoms with Crippen molar-refractivity contribution in [3.05, 3.63) is 41.4 Å². The van der Waals surface area contributed by atoms with E-state index in [0.717, 1.165) is 22.6 Å². The highest BCUT2D eigenvalue weighted by molar-refractivity contribution is 7.99. The maximum atomic E-state index is 13.3. The van der Waals surface area contributed by atoms with Crippen LogP contribution >= 0.6 is 11.8 Å². The van der Waals surface area contributed by atoms with Gasteiger partial charge in [0.25, 0.3) is 0 Å². The minimum atomic E-state index is -0.568. The standard InChI is InChI=1S/C15H19F2N3S/c1-9(2)14-15(20(4)13(19-14)8-18-3)21-12-6-10(16)5-11(17)7-12/h5-7,9,18H,8H2,1-4H3. The van der Waals surface area contributed by atoms with E-state index < -0.39 is 11.6 Å². The fraction of sp³-hybridized carbons (Fsp3) is 0.400. The van der Waals surface area contributed by atoms with Gasteiger partial charge in [0, 0.05) is 18.0 Å². The highest BCUT2D eigenvalue weighted by Crippen LogP contribution is 2.34. The summed E-state index contributed by atoms with van der Waals surface area (Å²) < 4.78 is 28.6. The molecule has 0 aliphatic rings. The average Bonchev–Trinajstić information content (AvgIpc) is 2.67. The predicted molar refractivity (Wildman–Crippen MR) is 80.5 cm³/mol. The molecule has 0 aliphatic carbocycles. The molecule has 0 fully saturated rings. The summed E-state index contributed by atoms with van der Waals surface area (Å²) in [5.41, 5.74) is 0.942. The Morgan fingerprint density at radius 2 is 1.86 bits per heavy atom. The normalized spacial score (nSPS) is 11.4. The zero-order chi connectivity index (χ0) is 15.6. The number of imidazole rings is 1. The van der Waals surface area contributed by atoms with Crippen LogP contribution in [0, 0.1) is 11.6 Å². The first-order valence-electron chi connectivity index (χ1n) is 6.76. The first kappa shape index (κ1) is 16.0. The van der Waals surface area contributed by atoms with Gasteiger partial charge in [-0.05, 0) is 25.1 Å². The number of nitrogens with zero attached hydrogens (tertiary/aromatic N) is 2. The minimum absolute atomic E-state index is 0.239. The number of halogens is 2. The third-order valence-corrected chi connectivity index (χ3v) is 4.24. The second-order valence-corrected chi connectivity index (χ2v) is 6.23. The van der Waals surface area contributed by atoms with E-state index in [-0.39, 0.29) is 5.92 Å². The molecule has 0 aliphatic heterocycles. The van der Waals surface area contributed by atoms with Crippen LogP contribution in [0.2, 0.25) is 0 Å². The Morgan fingerprint density at radius 1 is 1.24 bits per heavy atom. The van der Waals surface area contributed by atoms with Crippen molar-refractivity contribution in [1.82, 2.24) is 14.9 Å². The molecule has 0 bridgehead atoms. The molecule has 0 saturated carbocycles. The summed E-state index contributed by atoms with van der Waals surface area (Å²) in [6.07, 6.45) is 0. The lowest BCUT2D eigenvalue weighted by Gasteiger charge is -2.09. The molecule has 0 radical (unpaired) electrons. The Hall–Kier alpha value is -1.40. The first-order valence-corrected chi connectivity index (χ1v) is 7.58. The van der Waals surface area contributed by atoms with Gasteiger partial charge < -0.3 is 9.88 Å². The first-order chi connectivity index (χ1) is 9.92. The lowest BCUT2D eigenvalue weighted by molar-refractivity contribution is 0.577. The molecule has 3 nitrogen and oxygen atoms in total. The van der Waals surface area contributed by atoms with Crippen LogP contribution in [0.3, 0.4) is 0 Å². The van der Waals surface area contributed by atoms with E-state index in [1.54, 1.807) is 0 Å². The fourth-order valence-electron chi connectivity index (χ4n) is 2.06. The highest BCUT2D eigenvalue weighted by atomic mass is 32.2. The molecule has 1 aromatic heterocycles. The number of hydrogen-bond acceptors (Lipinski definition) is 3. The topological polar surface area (TPSA) is 29.9 Å². The molecule has 1 N–H and O–H groups in total. The molecule has 0 amide bonds. The van der Waals surface area contributed by atoms with Crippen LogP contribution in [0.15, 0.2) is 28.1 Å². The predicted octanol–water partition coefficient (Wildman–Crippen LogP) is 3.69. The van der Waals surface area contributed by atoms with Crippen LogP contribution < -0.4 is 5.32 Å². The summed E-state index contributed by atoms with van der Waals surface area (Å²) in [6, 6.07) is 3.55. The van der Waals surface area contributed by atoms with Gasteiger partial charge in [-0.1, -0.05) is 25.6 Å². The van der Waals surface area contributed by atoms with Crippen molar-refractivity contribution >= 4 is 11.8 Å². The third kappa shape index (κ3) is 3.63. The smallest absolute Gasteiger partial charge is 0.127 e. The third-order valence-electron chi connectivity index (χ3n) is 3.09. The van der Waals surface area contributed by atoms with Crippen LogP contribution in [-0.4, -0.2) is 16.6 Å². The zero-order valence-electron chi connectivity index (χ0n) is 12.6. The maximum absolute atomic E-state index is 13.3.